The highest BCUT2D eigenvalue weighted by atomic mass is 16.4. The van der Waals surface area contributed by atoms with Crippen LogP contribution in [-0.2, 0) is 4.79 Å². The maximum atomic E-state index is 12.0. The quantitative estimate of drug-likeness (QED) is 0.593. The maximum absolute atomic E-state index is 12.0. The van der Waals surface area contributed by atoms with Crippen molar-refractivity contribution in [3.05, 3.63) is 47.7 Å². The average Bonchev–Trinajstić information content (AvgIpc) is 2.38. The van der Waals surface area contributed by atoms with E-state index in [-0.39, 0.29) is 11.7 Å². The Labute approximate surface area is 119 Å². The molecular weight excluding hydrogens is 254 g/mol. The minimum Gasteiger partial charge on any atom is -0.480 e. The number of benzene rings is 1. The number of ketones is 1. The Bertz CT molecular complexity index is 492. The zero-order valence-corrected chi connectivity index (χ0v) is 12.1. The summed E-state index contributed by atoms with van der Waals surface area (Å²) >= 11 is 0. The van der Waals surface area contributed by atoms with Crippen molar-refractivity contribution >= 4 is 11.8 Å². The molecule has 0 saturated carbocycles. The maximum Gasteiger partial charge on any atom is 0.326 e. The van der Waals surface area contributed by atoms with E-state index in [4.69, 9.17) is 5.11 Å². The number of carboxylic acids is 1. The fourth-order valence-corrected chi connectivity index (χ4v) is 1.89. The van der Waals surface area contributed by atoms with E-state index < -0.39 is 12.0 Å². The third kappa shape index (κ3) is 5.26. The van der Waals surface area contributed by atoms with Gasteiger partial charge in [0.05, 0.1) is 0 Å². The van der Waals surface area contributed by atoms with E-state index in [0.717, 1.165) is 0 Å². The topological polar surface area (TPSA) is 66.4 Å². The molecule has 4 nitrogen and oxygen atoms in total. The van der Waals surface area contributed by atoms with Crippen molar-refractivity contribution in [1.29, 1.82) is 0 Å². The normalized spacial score (nSPS) is 13.1. The molecule has 0 radical (unpaired) electrons. The summed E-state index contributed by atoms with van der Waals surface area (Å²) in [5, 5.41) is 12.0. The average molecular weight is 275 g/mol. The van der Waals surface area contributed by atoms with Crippen LogP contribution in [0.15, 0.2) is 42.1 Å². The van der Waals surface area contributed by atoms with Crippen LogP contribution in [0.1, 0.15) is 37.6 Å². The van der Waals surface area contributed by atoms with Crippen molar-refractivity contribution in [2.45, 2.75) is 33.2 Å². The molecule has 0 aliphatic carbocycles. The van der Waals surface area contributed by atoms with Crippen molar-refractivity contribution in [3.8, 4) is 0 Å². The predicted molar refractivity (Wildman–Crippen MR) is 78.5 cm³/mol. The molecule has 1 rings (SSSR count). The van der Waals surface area contributed by atoms with Gasteiger partial charge in [0, 0.05) is 17.3 Å². The third-order valence-electron chi connectivity index (χ3n) is 2.81. The smallest absolute Gasteiger partial charge is 0.326 e. The van der Waals surface area contributed by atoms with E-state index in [2.05, 4.69) is 5.32 Å². The van der Waals surface area contributed by atoms with Crippen LogP contribution in [0.4, 0.5) is 0 Å². The van der Waals surface area contributed by atoms with Crippen LogP contribution in [0.25, 0.3) is 0 Å². The van der Waals surface area contributed by atoms with Gasteiger partial charge in [-0.15, -0.1) is 0 Å². The molecule has 0 amide bonds. The van der Waals surface area contributed by atoms with E-state index in [1.165, 1.54) is 6.08 Å². The van der Waals surface area contributed by atoms with Gasteiger partial charge >= 0.3 is 5.97 Å². The molecule has 1 atom stereocenters. The fourth-order valence-electron chi connectivity index (χ4n) is 1.89. The molecule has 0 aliphatic heterocycles. The first-order valence-corrected chi connectivity index (χ1v) is 6.67. The number of carbonyl (C=O) groups excluding carboxylic acids is 1. The van der Waals surface area contributed by atoms with Gasteiger partial charge in [-0.3, -0.25) is 4.79 Å². The van der Waals surface area contributed by atoms with E-state index >= 15 is 0 Å². The van der Waals surface area contributed by atoms with Crippen LogP contribution in [0.5, 0.6) is 0 Å². The summed E-state index contributed by atoms with van der Waals surface area (Å²) in [6.45, 7) is 5.63. The molecule has 0 aromatic heterocycles. The zero-order chi connectivity index (χ0) is 15.1. The number of rotatable bonds is 7. The summed E-state index contributed by atoms with van der Waals surface area (Å²) in [4.78, 5) is 23.1. The van der Waals surface area contributed by atoms with Gasteiger partial charge in [-0.05, 0) is 19.3 Å². The Hall–Kier alpha value is -2.10. The van der Waals surface area contributed by atoms with Gasteiger partial charge in [0.15, 0.2) is 5.78 Å². The minimum atomic E-state index is -0.904. The molecule has 0 saturated heterocycles. The molecule has 1 aromatic carbocycles. The lowest BCUT2D eigenvalue weighted by Gasteiger charge is -2.17. The van der Waals surface area contributed by atoms with Gasteiger partial charge in [0.2, 0.25) is 0 Å². The first kappa shape index (κ1) is 16.0. The minimum absolute atomic E-state index is 0.135. The van der Waals surface area contributed by atoms with Crippen LogP contribution in [0, 0.1) is 5.92 Å². The van der Waals surface area contributed by atoms with E-state index in [9.17, 15) is 9.59 Å². The monoisotopic (exact) mass is 275 g/mol. The SMILES string of the molecule is CC(=CC(=O)c1ccccc1)N[C@@H](CC(C)C)C(=O)O. The number of carbonyl (C=O) groups is 2. The molecular formula is C16H21NO3. The Morgan fingerprint density at radius 3 is 2.35 bits per heavy atom. The lowest BCUT2D eigenvalue weighted by atomic mass is 10.0. The molecule has 0 unspecified atom stereocenters. The van der Waals surface area contributed by atoms with Gasteiger partial charge in [-0.25, -0.2) is 4.79 Å². The van der Waals surface area contributed by atoms with Crippen LogP contribution in [0.3, 0.4) is 0 Å². The number of carboxylic acid groups (broad SMARTS) is 1. The Morgan fingerprint density at radius 1 is 1.25 bits per heavy atom. The van der Waals surface area contributed by atoms with Crippen LogP contribution < -0.4 is 5.32 Å². The Kier molecular flexibility index (Phi) is 5.97. The second kappa shape index (κ2) is 7.48. The lowest BCUT2D eigenvalue weighted by molar-refractivity contribution is -0.139. The number of nitrogens with one attached hydrogen (secondary N) is 1. The first-order chi connectivity index (χ1) is 9.40. The fraction of sp³-hybridized carbons (Fsp3) is 0.375. The highest BCUT2D eigenvalue weighted by Crippen LogP contribution is 2.08. The van der Waals surface area contributed by atoms with Crippen molar-refractivity contribution in [2.75, 3.05) is 0 Å². The summed E-state index contributed by atoms with van der Waals surface area (Å²) in [6, 6.07) is 8.22. The lowest BCUT2D eigenvalue weighted by Crippen LogP contribution is -2.36. The summed E-state index contributed by atoms with van der Waals surface area (Å²) in [6.07, 6.45) is 1.95. The van der Waals surface area contributed by atoms with Gasteiger partial charge in [-0.1, -0.05) is 44.2 Å². The second-order valence-electron chi connectivity index (χ2n) is 5.22. The van der Waals surface area contributed by atoms with Crippen molar-refractivity contribution in [3.63, 3.8) is 0 Å². The number of hydrogen-bond donors (Lipinski definition) is 2. The molecule has 0 fully saturated rings. The molecule has 0 aliphatic rings. The van der Waals surface area contributed by atoms with Crippen LogP contribution in [0.2, 0.25) is 0 Å². The molecule has 2 N–H and O–H groups in total. The standard InChI is InChI=1S/C16H21NO3/c1-11(2)9-14(16(19)20)17-12(3)10-15(18)13-7-5-4-6-8-13/h4-8,10-11,14,17H,9H2,1-3H3,(H,19,20)/t14-/m0/s1. The Balaban J connectivity index is 2.73. The molecule has 0 spiro atoms. The predicted octanol–water partition coefficient (Wildman–Crippen LogP) is 2.86. The molecule has 108 valence electrons. The van der Waals surface area contributed by atoms with Gasteiger partial charge < -0.3 is 10.4 Å². The molecule has 1 aromatic rings. The van der Waals surface area contributed by atoms with E-state index in [1.807, 2.05) is 19.9 Å². The summed E-state index contributed by atoms with van der Waals surface area (Å²) in [5.74, 6) is -0.774. The van der Waals surface area contributed by atoms with Gasteiger partial charge in [0.25, 0.3) is 0 Å². The van der Waals surface area contributed by atoms with Crippen molar-refractivity contribution < 1.29 is 14.7 Å². The molecule has 0 heterocycles. The van der Waals surface area contributed by atoms with Crippen LogP contribution in [-0.4, -0.2) is 22.9 Å². The summed E-state index contributed by atoms with van der Waals surface area (Å²) in [7, 11) is 0. The summed E-state index contributed by atoms with van der Waals surface area (Å²) < 4.78 is 0. The number of aliphatic carboxylic acids is 1. The van der Waals surface area contributed by atoms with Gasteiger partial charge in [0.1, 0.15) is 6.04 Å². The van der Waals surface area contributed by atoms with E-state index in [1.54, 1.807) is 31.2 Å². The van der Waals surface area contributed by atoms with E-state index in [0.29, 0.717) is 17.7 Å². The largest absolute Gasteiger partial charge is 0.480 e. The Morgan fingerprint density at radius 2 is 1.85 bits per heavy atom. The number of allylic oxidation sites excluding steroid dienone is 2. The van der Waals surface area contributed by atoms with Crippen molar-refractivity contribution in [1.82, 2.24) is 5.32 Å². The molecule has 20 heavy (non-hydrogen) atoms. The molecule has 4 heteroatoms. The van der Waals surface area contributed by atoms with Crippen molar-refractivity contribution in [2.24, 2.45) is 5.92 Å². The first-order valence-electron chi connectivity index (χ1n) is 6.67. The molecule has 0 bridgehead atoms. The third-order valence-corrected chi connectivity index (χ3v) is 2.81. The van der Waals surface area contributed by atoms with Gasteiger partial charge in [-0.2, -0.15) is 0 Å². The highest BCUT2D eigenvalue weighted by molar-refractivity contribution is 6.04. The van der Waals surface area contributed by atoms with Crippen LogP contribution >= 0.6 is 0 Å². The summed E-state index contributed by atoms with van der Waals surface area (Å²) in [5.41, 5.74) is 1.15. The zero-order valence-electron chi connectivity index (χ0n) is 12.1. The number of hydrogen-bond acceptors (Lipinski definition) is 3. The second-order valence-corrected chi connectivity index (χ2v) is 5.22. The highest BCUT2D eigenvalue weighted by Gasteiger charge is 2.18.